The maximum absolute atomic E-state index is 13.6. The number of carbonyl (C=O) groups is 1. The van der Waals surface area contributed by atoms with E-state index in [4.69, 9.17) is 0 Å². The number of amides is 1. The highest BCUT2D eigenvalue weighted by Crippen LogP contribution is 2.19. The molecule has 0 saturated heterocycles. The van der Waals surface area contributed by atoms with Gasteiger partial charge in [-0.15, -0.1) is 0 Å². The van der Waals surface area contributed by atoms with Crippen molar-refractivity contribution in [2.75, 3.05) is 7.05 Å². The normalized spacial score (nSPS) is 10.3. The van der Waals surface area contributed by atoms with Gasteiger partial charge in [-0.3, -0.25) is 4.79 Å². The van der Waals surface area contributed by atoms with Gasteiger partial charge in [0.15, 0.2) is 11.6 Å². The summed E-state index contributed by atoms with van der Waals surface area (Å²) in [4.78, 5) is 13.3. The van der Waals surface area contributed by atoms with Crippen LogP contribution in [0.25, 0.3) is 0 Å². The maximum atomic E-state index is 13.6. The third-order valence-electron chi connectivity index (χ3n) is 2.93. The van der Waals surface area contributed by atoms with Crippen molar-refractivity contribution in [3.63, 3.8) is 0 Å². The van der Waals surface area contributed by atoms with E-state index in [1.54, 1.807) is 18.2 Å². The SMILES string of the molecule is CN(Cc1ccccc1O)C(=O)c1cccc(F)c1F. The highest BCUT2D eigenvalue weighted by Gasteiger charge is 2.19. The molecule has 2 aromatic rings. The third kappa shape index (κ3) is 2.77. The number of benzene rings is 2. The number of aromatic hydroxyl groups is 1. The molecular weight excluding hydrogens is 264 g/mol. The van der Waals surface area contributed by atoms with Gasteiger partial charge in [0.1, 0.15) is 5.75 Å². The Hall–Kier alpha value is -2.43. The molecule has 0 unspecified atom stereocenters. The molecule has 5 heteroatoms. The molecule has 3 nitrogen and oxygen atoms in total. The Kier molecular flexibility index (Phi) is 3.98. The summed E-state index contributed by atoms with van der Waals surface area (Å²) < 4.78 is 26.7. The van der Waals surface area contributed by atoms with Crippen LogP contribution in [0.15, 0.2) is 42.5 Å². The average Bonchev–Trinajstić information content (AvgIpc) is 2.43. The van der Waals surface area contributed by atoms with Crippen LogP contribution in [0.2, 0.25) is 0 Å². The van der Waals surface area contributed by atoms with E-state index < -0.39 is 17.5 Å². The minimum Gasteiger partial charge on any atom is -0.508 e. The zero-order valence-corrected chi connectivity index (χ0v) is 10.8. The quantitative estimate of drug-likeness (QED) is 0.937. The molecule has 0 saturated carbocycles. The molecule has 0 spiro atoms. The fourth-order valence-corrected chi connectivity index (χ4v) is 1.85. The molecular formula is C15H13F2NO2. The lowest BCUT2D eigenvalue weighted by molar-refractivity contribution is 0.0778. The maximum Gasteiger partial charge on any atom is 0.256 e. The first-order chi connectivity index (χ1) is 9.50. The van der Waals surface area contributed by atoms with E-state index in [1.807, 2.05) is 0 Å². The van der Waals surface area contributed by atoms with Crippen molar-refractivity contribution in [1.29, 1.82) is 0 Å². The van der Waals surface area contributed by atoms with Crippen LogP contribution < -0.4 is 0 Å². The summed E-state index contributed by atoms with van der Waals surface area (Å²) in [5.41, 5.74) is 0.197. The standard InChI is InChI=1S/C15H13F2NO2/c1-18(9-10-5-2-3-8-13(10)19)15(20)11-6-4-7-12(16)14(11)17/h2-8,19H,9H2,1H3. The first-order valence-corrected chi connectivity index (χ1v) is 5.97. The van der Waals surface area contributed by atoms with E-state index in [9.17, 15) is 18.7 Å². The monoisotopic (exact) mass is 277 g/mol. The van der Waals surface area contributed by atoms with Crippen LogP contribution in [0.1, 0.15) is 15.9 Å². The number of halogens is 2. The molecule has 0 heterocycles. The molecule has 0 atom stereocenters. The number of hydrogen-bond acceptors (Lipinski definition) is 2. The van der Waals surface area contributed by atoms with Crippen LogP contribution in [0.4, 0.5) is 8.78 Å². The number of carbonyl (C=O) groups excluding carboxylic acids is 1. The van der Waals surface area contributed by atoms with Gasteiger partial charge >= 0.3 is 0 Å². The Morgan fingerprint density at radius 2 is 1.85 bits per heavy atom. The summed E-state index contributed by atoms with van der Waals surface area (Å²) in [5, 5.41) is 9.64. The lowest BCUT2D eigenvalue weighted by atomic mass is 10.1. The van der Waals surface area contributed by atoms with Gasteiger partial charge in [-0.2, -0.15) is 0 Å². The number of rotatable bonds is 3. The number of para-hydroxylation sites is 1. The molecule has 2 rings (SSSR count). The second kappa shape index (κ2) is 5.69. The minimum absolute atomic E-state index is 0.0480. The topological polar surface area (TPSA) is 40.5 Å². The van der Waals surface area contributed by atoms with Crippen molar-refractivity contribution in [1.82, 2.24) is 4.90 Å². The van der Waals surface area contributed by atoms with Gasteiger partial charge in [0.05, 0.1) is 5.56 Å². The van der Waals surface area contributed by atoms with Crippen LogP contribution in [0.3, 0.4) is 0 Å². The summed E-state index contributed by atoms with van der Waals surface area (Å²) in [5.74, 6) is -2.83. The van der Waals surface area contributed by atoms with Crippen molar-refractivity contribution in [2.24, 2.45) is 0 Å². The fourth-order valence-electron chi connectivity index (χ4n) is 1.85. The number of hydrogen-bond donors (Lipinski definition) is 1. The van der Waals surface area contributed by atoms with Crippen molar-refractivity contribution >= 4 is 5.91 Å². The van der Waals surface area contributed by atoms with E-state index >= 15 is 0 Å². The Morgan fingerprint density at radius 1 is 1.15 bits per heavy atom. The summed E-state index contributed by atoms with van der Waals surface area (Å²) in [6.45, 7) is 0.0987. The van der Waals surface area contributed by atoms with Gasteiger partial charge in [-0.25, -0.2) is 8.78 Å². The molecule has 0 aromatic heterocycles. The number of phenols is 1. The second-order valence-electron chi connectivity index (χ2n) is 4.39. The van der Waals surface area contributed by atoms with Crippen molar-refractivity contribution in [3.8, 4) is 5.75 Å². The van der Waals surface area contributed by atoms with Gasteiger partial charge in [0.25, 0.3) is 5.91 Å². The van der Waals surface area contributed by atoms with Crippen LogP contribution >= 0.6 is 0 Å². The molecule has 104 valence electrons. The summed E-state index contributed by atoms with van der Waals surface area (Å²) in [6.07, 6.45) is 0. The average molecular weight is 277 g/mol. The van der Waals surface area contributed by atoms with Crippen molar-refractivity contribution in [3.05, 3.63) is 65.2 Å². The molecule has 0 fully saturated rings. The molecule has 1 amide bonds. The van der Waals surface area contributed by atoms with Crippen LogP contribution in [0.5, 0.6) is 5.75 Å². The van der Waals surface area contributed by atoms with E-state index in [0.717, 1.165) is 6.07 Å². The minimum atomic E-state index is -1.17. The second-order valence-corrected chi connectivity index (χ2v) is 4.39. The third-order valence-corrected chi connectivity index (χ3v) is 2.93. The fraction of sp³-hybridized carbons (Fsp3) is 0.133. The van der Waals surface area contributed by atoms with Crippen LogP contribution in [-0.4, -0.2) is 23.0 Å². The number of phenolic OH excluding ortho intramolecular Hbond substituents is 1. The van der Waals surface area contributed by atoms with Gasteiger partial charge in [-0.1, -0.05) is 24.3 Å². The smallest absolute Gasteiger partial charge is 0.256 e. The Balaban J connectivity index is 2.21. The van der Waals surface area contributed by atoms with E-state index in [0.29, 0.717) is 5.56 Å². The Labute approximate surface area is 115 Å². The molecule has 0 aliphatic carbocycles. The van der Waals surface area contributed by atoms with Crippen LogP contribution in [0, 0.1) is 11.6 Å². The molecule has 0 radical (unpaired) electrons. The molecule has 0 aliphatic heterocycles. The van der Waals surface area contributed by atoms with E-state index in [1.165, 1.54) is 30.1 Å². The zero-order valence-electron chi connectivity index (χ0n) is 10.8. The Morgan fingerprint density at radius 3 is 2.55 bits per heavy atom. The first kappa shape index (κ1) is 14.0. The summed E-state index contributed by atoms with van der Waals surface area (Å²) >= 11 is 0. The van der Waals surface area contributed by atoms with Gasteiger partial charge in [0, 0.05) is 19.2 Å². The zero-order chi connectivity index (χ0) is 14.7. The number of nitrogens with zero attached hydrogens (tertiary/aromatic N) is 1. The lowest BCUT2D eigenvalue weighted by Gasteiger charge is -2.18. The summed E-state index contributed by atoms with van der Waals surface area (Å²) in [6, 6.07) is 9.98. The molecule has 1 N–H and O–H groups in total. The van der Waals surface area contributed by atoms with Gasteiger partial charge in [-0.05, 0) is 18.2 Å². The lowest BCUT2D eigenvalue weighted by Crippen LogP contribution is -2.27. The van der Waals surface area contributed by atoms with Gasteiger partial charge in [0.2, 0.25) is 0 Å². The molecule has 20 heavy (non-hydrogen) atoms. The van der Waals surface area contributed by atoms with E-state index in [2.05, 4.69) is 0 Å². The molecule has 0 bridgehead atoms. The summed E-state index contributed by atoms with van der Waals surface area (Å²) in [7, 11) is 1.46. The predicted octanol–water partition coefficient (Wildman–Crippen LogP) is 2.94. The molecule has 0 aliphatic rings. The van der Waals surface area contributed by atoms with Crippen molar-refractivity contribution in [2.45, 2.75) is 6.54 Å². The highest BCUT2D eigenvalue weighted by molar-refractivity contribution is 5.94. The largest absolute Gasteiger partial charge is 0.508 e. The van der Waals surface area contributed by atoms with Crippen LogP contribution in [-0.2, 0) is 6.54 Å². The molecule has 2 aromatic carbocycles. The van der Waals surface area contributed by atoms with Crippen molar-refractivity contribution < 1.29 is 18.7 Å². The highest BCUT2D eigenvalue weighted by atomic mass is 19.2. The first-order valence-electron chi connectivity index (χ1n) is 5.97. The van der Waals surface area contributed by atoms with Gasteiger partial charge < -0.3 is 10.0 Å². The Bertz CT molecular complexity index is 644. The predicted molar refractivity (Wildman–Crippen MR) is 70.3 cm³/mol. The van der Waals surface area contributed by atoms with E-state index in [-0.39, 0.29) is 17.9 Å².